The third kappa shape index (κ3) is 3.39. The fourth-order valence-corrected chi connectivity index (χ4v) is 2.67. The predicted molar refractivity (Wildman–Crippen MR) is 73.0 cm³/mol. The third-order valence-corrected chi connectivity index (χ3v) is 3.98. The number of nitrogens with one attached hydrogen (secondary N) is 1. The van der Waals surface area contributed by atoms with Crippen LogP contribution in [-0.2, 0) is 4.79 Å². The zero-order valence-corrected chi connectivity index (χ0v) is 11.0. The summed E-state index contributed by atoms with van der Waals surface area (Å²) in [6.45, 7) is 0.871. The molecule has 0 radical (unpaired) electrons. The van der Waals surface area contributed by atoms with Crippen LogP contribution in [0.2, 0.25) is 5.02 Å². The van der Waals surface area contributed by atoms with Crippen molar-refractivity contribution < 1.29 is 9.90 Å². The van der Waals surface area contributed by atoms with E-state index < -0.39 is 5.97 Å². The topological polar surface area (TPSA) is 49.3 Å². The first-order valence-corrected chi connectivity index (χ1v) is 6.76. The average molecular weight is 268 g/mol. The molecule has 4 heteroatoms. The summed E-state index contributed by atoms with van der Waals surface area (Å²) in [6.07, 6.45) is 3.55. The smallest absolute Gasteiger partial charge is 0.306 e. The van der Waals surface area contributed by atoms with Gasteiger partial charge in [0.2, 0.25) is 0 Å². The zero-order chi connectivity index (χ0) is 13.0. The van der Waals surface area contributed by atoms with Gasteiger partial charge in [0.1, 0.15) is 0 Å². The van der Waals surface area contributed by atoms with Gasteiger partial charge in [-0.1, -0.05) is 23.7 Å². The molecule has 0 bridgehead atoms. The quantitative estimate of drug-likeness (QED) is 0.876. The highest BCUT2D eigenvalue weighted by Crippen LogP contribution is 2.29. The maximum atomic E-state index is 10.9. The molecule has 0 heterocycles. The largest absolute Gasteiger partial charge is 0.481 e. The second kappa shape index (κ2) is 6.10. The summed E-state index contributed by atoms with van der Waals surface area (Å²) < 4.78 is 0. The summed E-state index contributed by atoms with van der Waals surface area (Å²) in [5.41, 5.74) is 0.958. The minimum absolute atomic E-state index is 0.137. The Labute approximate surface area is 112 Å². The van der Waals surface area contributed by atoms with Crippen molar-refractivity contribution in [3.8, 4) is 0 Å². The SMILES string of the molecule is O=C(O)C1CCC(CNc2ccccc2Cl)CC1. The van der Waals surface area contributed by atoms with Crippen molar-refractivity contribution in [1.29, 1.82) is 0 Å². The lowest BCUT2D eigenvalue weighted by Crippen LogP contribution is -2.25. The van der Waals surface area contributed by atoms with Gasteiger partial charge in [-0.3, -0.25) is 4.79 Å². The lowest BCUT2D eigenvalue weighted by atomic mass is 9.82. The van der Waals surface area contributed by atoms with Crippen molar-refractivity contribution in [2.75, 3.05) is 11.9 Å². The Bertz CT molecular complexity index is 414. The Balaban J connectivity index is 1.79. The van der Waals surface area contributed by atoms with E-state index in [0.717, 1.165) is 42.9 Å². The number of anilines is 1. The molecule has 0 spiro atoms. The summed E-state index contributed by atoms with van der Waals surface area (Å²) in [7, 11) is 0. The fourth-order valence-electron chi connectivity index (χ4n) is 2.47. The molecule has 0 aliphatic heterocycles. The molecule has 1 saturated carbocycles. The Morgan fingerprint density at radius 1 is 1.28 bits per heavy atom. The number of hydrogen-bond acceptors (Lipinski definition) is 2. The molecule has 1 fully saturated rings. The van der Waals surface area contributed by atoms with Crippen LogP contribution in [0.15, 0.2) is 24.3 Å². The first-order valence-electron chi connectivity index (χ1n) is 6.38. The van der Waals surface area contributed by atoms with Gasteiger partial charge in [-0.15, -0.1) is 0 Å². The van der Waals surface area contributed by atoms with Crippen molar-refractivity contribution in [1.82, 2.24) is 0 Å². The Morgan fingerprint density at radius 3 is 2.56 bits per heavy atom. The Hall–Kier alpha value is -1.22. The van der Waals surface area contributed by atoms with Crippen LogP contribution in [0.5, 0.6) is 0 Å². The number of carbonyl (C=O) groups is 1. The normalized spacial score (nSPS) is 23.6. The van der Waals surface area contributed by atoms with Crippen molar-refractivity contribution in [3.63, 3.8) is 0 Å². The monoisotopic (exact) mass is 267 g/mol. The molecule has 98 valence electrons. The van der Waals surface area contributed by atoms with Crippen LogP contribution in [0.3, 0.4) is 0 Å². The Kier molecular flexibility index (Phi) is 4.48. The standard InChI is InChI=1S/C14H18ClNO2/c15-12-3-1-2-4-13(12)16-9-10-5-7-11(8-6-10)14(17)18/h1-4,10-11,16H,5-9H2,(H,17,18). The van der Waals surface area contributed by atoms with Gasteiger partial charge in [0.05, 0.1) is 16.6 Å². The number of carboxylic acid groups (broad SMARTS) is 1. The molecule has 1 aliphatic carbocycles. The number of rotatable bonds is 4. The van der Waals surface area contributed by atoms with Gasteiger partial charge in [-0.05, 0) is 43.7 Å². The number of halogens is 1. The molecule has 0 atom stereocenters. The molecule has 2 rings (SSSR count). The van der Waals surface area contributed by atoms with Crippen molar-refractivity contribution >= 4 is 23.3 Å². The van der Waals surface area contributed by atoms with Gasteiger partial charge < -0.3 is 10.4 Å². The zero-order valence-electron chi connectivity index (χ0n) is 10.2. The van der Waals surface area contributed by atoms with E-state index in [4.69, 9.17) is 16.7 Å². The van der Waals surface area contributed by atoms with Crippen molar-refractivity contribution in [2.45, 2.75) is 25.7 Å². The van der Waals surface area contributed by atoms with Crippen LogP contribution >= 0.6 is 11.6 Å². The fraction of sp³-hybridized carbons (Fsp3) is 0.500. The van der Waals surface area contributed by atoms with Gasteiger partial charge in [0, 0.05) is 6.54 Å². The van der Waals surface area contributed by atoms with Gasteiger partial charge in [0.25, 0.3) is 0 Å². The van der Waals surface area contributed by atoms with E-state index in [1.54, 1.807) is 0 Å². The van der Waals surface area contributed by atoms with Crippen LogP contribution in [0, 0.1) is 11.8 Å². The van der Waals surface area contributed by atoms with Gasteiger partial charge in [-0.25, -0.2) is 0 Å². The minimum Gasteiger partial charge on any atom is -0.481 e. The molecule has 18 heavy (non-hydrogen) atoms. The first kappa shape index (κ1) is 13.2. The number of hydrogen-bond donors (Lipinski definition) is 2. The van der Waals surface area contributed by atoms with E-state index in [2.05, 4.69) is 5.32 Å². The molecular weight excluding hydrogens is 250 g/mol. The van der Waals surface area contributed by atoms with Gasteiger partial charge in [-0.2, -0.15) is 0 Å². The van der Waals surface area contributed by atoms with Gasteiger partial charge in [0.15, 0.2) is 0 Å². The number of benzene rings is 1. The van der Waals surface area contributed by atoms with Crippen LogP contribution in [-0.4, -0.2) is 17.6 Å². The summed E-state index contributed by atoms with van der Waals surface area (Å²) >= 11 is 6.07. The molecular formula is C14H18ClNO2. The second-order valence-corrected chi connectivity index (χ2v) is 5.32. The van der Waals surface area contributed by atoms with E-state index in [1.807, 2.05) is 24.3 Å². The second-order valence-electron chi connectivity index (χ2n) is 4.92. The molecule has 0 saturated heterocycles. The maximum absolute atomic E-state index is 10.9. The van der Waals surface area contributed by atoms with Crippen molar-refractivity contribution in [3.05, 3.63) is 29.3 Å². The van der Waals surface area contributed by atoms with Gasteiger partial charge >= 0.3 is 5.97 Å². The maximum Gasteiger partial charge on any atom is 0.306 e. The van der Waals surface area contributed by atoms with Crippen LogP contribution in [0.25, 0.3) is 0 Å². The van der Waals surface area contributed by atoms with E-state index in [1.165, 1.54) is 0 Å². The first-order chi connectivity index (χ1) is 8.66. The molecule has 2 N–H and O–H groups in total. The van der Waals surface area contributed by atoms with Crippen LogP contribution in [0.1, 0.15) is 25.7 Å². The minimum atomic E-state index is -0.646. The van der Waals surface area contributed by atoms with Crippen molar-refractivity contribution in [2.24, 2.45) is 11.8 Å². The highest BCUT2D eigenvalue weighted by molar-refractivity contribution is 6.33. The molecule has 1 aromatic rings. The molecule has 1 aromatic carbocycles. The summed E-state index contributed by atoms with van der Waals surface area (Å²) in [5.74, 6) is -0.231. The summed E-state index contributed by atoms with van der Waals surface area (Å²) in [4.78, 5) is 10.9. The molecule has 0 aromatic heterocycles. The highest BCUT2D eigenvalue weighted by Gasteiger charge is 2.25. The molecule has 0 unspecified atom stereocenters. The number of carboxylic acids is 1. The Morgan fingerprint density at radius 2 is 1.94 bits per heavy atom. The van der Waals surface area contributed by atoms with E-state index in [-0.39, 0.29) is 5.92 Å². The lowest BCUT2D eigenvalue weighted by Gasteiger charge is -2.26. The molecule has 0 amide bonds. The lowest BCUT2D eigenvalue weighted by molar-refractivity contribution is -0.143. The predicted octanol–water partition coefficient (Wildman–Crippen LogP) is 3.64. The average Bonchev–Trinajstić information content (AvgIpc) is 2.38. The van der Waals surface area contributed by atoms with E-state index >= 15 is 0 Å². The van der Waals surface area contributed by atoms with E-state index in [9.17, 15) is 4.79 Å². The number of aliphatic carboxylic acids is 1. The molecule has 3 nitrogen and oxygen atoms in total. The number of para-hydroxylation sites is 1. The summed E-state index contributed by atoms with van der Waals surface area (Å²) in [6, 6.07) is 7.69. The van der Waals surface area contributed by atoms with E-state index in [0.29, 0.717) is 5.92 Å². The van der Waals surface area contributed by atoms with Crippen LogP contribution < -0.4 is 5.32 Å². The van der Waals surface area contributed by atoms with Crippen LogP contribution in [0.4, 0.5) is 5.69 Å². The highest BCUT2D eigenvalue weighted by atomic mass is 35.5. The molecule has 1 aliphatic rings. The third-order valence-electron chi connectivity index (χ3n) is 3.65. The summed E-state index contributed by atoms with van der Waals surface area (Å²) in [5, 5.41) is 13.0.